The van der Waals surface area contributed by atoms with Crippen LogP contribution in [-0.2, 0) is 4.79 Å². The fraction of sp³-hybridized carbons (Fsp3) is 0.750. The molecule has 0 aromatic heterocycles. The Morgan fingerprint density at radius 3 is 2.86 bits per heavy atom. The predicted octanol–water partition coefficient (Wildman–Crippen LogP) is -0.796. The van der Waals surface area contributed by atoms with Crippen molar-refractivity contribution in [2.24, 2.45) is 5.73 Å². The zero-order valence-electron chi connectivity index (χ0n) is 7.90. The number of nitrogens with one attached hydrogen (secondary N) is 1. The molecule has 6 heteroatoms. The summed E-state index contributed by atoms with van der Waals surface area (Å²) in [4.78, 5) is 23.5. The van der Waals surface area contributed by atoms with E-state index in [1.165, 1.54) is 4.90 Å². The highest BCUT2D eigenvalue weighted by atomic mass is 16.4. The lowest BCUT2D eigenvalue weighted by Gasteiger charge is -2.21. The van der Waals surface area contributed by atoms with Crippen molar-refractivity contribution in [1.82, 2.24) is 10.2 Å². The van der Waals surface area contributed by atoms with Crippen molar-refractivity contribution in [3.05, 3.63) is 0 Å². The van der Waals surface area contributed by atoms with Crippen molar-refractivity contribution >= 4 is 12.0 Å². The summed E-state index contributed by atoms with van der Waals surface area (Å²) in [5.74, 6) is -0.939. The van der Waals surface area contributed by atoms with E-state index < -0.39 is 12.0 Å². The second kappa shape index (κ2) is 4.80. The molecule has 0 aliphatic carbocycles. The number of hydrogen-bond acceptors (Lipinski definition) is 3. The van der Waals surface area contributed by atoms with Crippen LogP contribution in [0.25, 0.3) is 0 Å². The minimum Gasteiger partial charge on any atom is -0.480 e. The predicted molar refractivity (Wildman–Crippen MR) is 49.8 cm³/mol. The molecule has 80 valence electrons. The van der Waals surface area contributed by atoms with Crippen LogP contribution >= 0.6 is 0 Å². The van der Waals surface area contributed by atoms with Gasteiger partial charge in [0.15, 0.2) is 0 Å². The van der Waals surface area contributed by atoms with E-state index in [0.717, 1.165) is 6.42 Å². The maximum atomic E-state index is 11.4. The highest BCUT2D eigenvalue weighted by Crippen LogP contribution is 2.16. The van der Waals surface area contributed by atoms with Gasteiger partial charge in [0.05, 0.1) is 0 Å². The molecule has 4 N–H and O–H groups in total. The van der Waals surface area contributed by atoms with Crippen LogP contribution < -0.4 is 11.1 Å². The Morgan fingerprint density at radius 2 is 2.29 bits per heavy atom. The smallest absolute Gasteiger partial charge is 0.326 e. The van der Waals surface area contributed by atoms with Crippen molar-refractivity contribution in [1.29, 1.82) is 0 Å². The van der Waals surface area contributed by atoms with Gasteiger partial charge in [-0.15, -0.1) is 0 Å². The van der Waals surface area contributed by atoms with Crippen LogP contribution in [-0.4, -0.2) is 47.7 Å². The highest BCUT2D eigenvalue weighted by molar-refractivity contribution is 5.83. The van der Waals surface area contributed by atoms with E-state index in [9.17, 15) is 9.59 Å². The summed E-state index contributed by atoms with van der Waals surface area (Å²) < 4.78 is 0. The van der Waals surface area contributed by atoms with Gasteiger partial charge >= 0.3 is 12.0 Å². The molecule has 2 amide bonds. The van der Waals surface area contributed by atoms with E-state index in [4.69, 9.17) is 10.8 Å². The number of carboxylic acids is 1. The SMILES string of the molecule is NCCNC(=O)N1CCCC1C(=O)O. The fourth-order valence-corrected chi connectivity index (χ4v) is 1.55. The van der Waals surface area contributed by atoms with Gasteiger partial charge in [-0.2, -0.15) is 0 Å². The van der Waals surface area contributed by atoms with Gasteiger partial charge in [-0.25, -0.2) is 9.59 Å². The molecule has 0 spiro atoms. The normalized spacial score (nSPS) is 20.9. The lowest BCUT2D eigenvalue weighted by molar-refractivity contribution is -0.141. The molecular weight excluding hydrogens is 186 g/mol. The molecule has 0 aromatic carbocycles. The van der Waals surface area contributed by atoms with Crippen molar-refractivity contribution in [2.75, 3.05) is 19.6 Å². The summed E-state index contributed by atoms with van der Waals surface area (Å²) >= 11 is 0. The van der Waals surface area contributed by atoms with Gasteiger partial charge in [-0.3, -0.25) is 0 Å². The summed E-state index contributed by atoms with van der Waals surface area (Å²) in [7, 11) is 0. The Hall–Kier alpha value is -1.30. The number of carboxylic acid groups (broad SMARTS) is 1. The summed E-state index contributed by atoms with van der Waals surface area (Å²) in [6.45, 7) is 1.24. The Morgan fingerprint density at radius 1 is 1.57 bits per heavy atom. The average molecular weight is 201 g/mol. The molecule has 0 bridgehead atoms. The fourth-order valence-electron chi connectivity index (χ4n) is 1.55. The average Bonchev–Trinajstić information content (AvgIpc) is 2.62. The highest BCUT2D eigenvalue weighted by Gasteiger charge is 2.33. The molecule has 6 nitrogen and oxygen atoms in total. The van der Waals surface area contributed by atoms with Crippen molar-refractivity contribution < 1.29 is 14.7 Å². The second-order valence-electron chi connectivity index (χ2n) is 3.21. The number of urea groups is 1. The van der Waals surface area contributed by atoms with Crippen molar-refractivity contribution in [3.8, 4) is 0 Å². The lowest BCUT2D eigenvalue weighted by atomic mass is 10.2. The van der Waals surface area contributed by atoms with Gasteiger partial charge in [0, 0.05) is 19.6 Å². The molecule has 1 atom stereocenters. The van der Waals surface area contributed by atoms with Gasteiger partial charge < -0.3 is 21.1 Å². The Bertz CT molecular complexity index is 232. The molecule has 1 aliphatic rings. The minimum absolute atomic E-state index is 0.333. The summed E-state index contributed by atoms with van der Waals surface area (Å²) in [6, 6.07) is -1.01. The third kappa shape index (κ3) is 2.35. The van der Waals surface area contributed by atoms with Crippen LogP contribution in [0.3, 0.4) is 0 Å². The molecule has 1 fully saturated rings. The molecular formula is C8H15N3O3. The quantitative estimate of drug-likeness (QED) is 0.557. The molecule has 1 heterocycles. The second-order valence-corrected chi connectivity index (χ2v) is 3.21. The van der Waals surface area contributed by atoms with Gasteiger partial charge in [0.2, 0.25) is 0 Å². The van der Waals surface area contributed by atoms with Crippen LogP contribution in [0.1, 0.15) is 12.8 Å². The van der Waals surface area contributed by atoms with E-state index in [-0.39, 0.29) is 6.03 Å². The largest absolute Gasteiger partial charge is 0.480 e. The van der Waals surface area contributed by atoms with Gasteiger partial charge in [-0.05, 0) is 12.8 Å². The number of likely N-dealkylation sites (tertiary alicyclic amines) is 1. The van der Waals surface area contributed by atoms with E-state index in [1.54, 1.807) is 0 Å². The molecule has 14 heavy (non-hydrogen) atoms. The number of nitrogens with zero attached hydrogens (tertiary/aromatic N) is 1. The molecule has 1 saturated heterocycles. The number of amides is 2. The van der Waals surface area contributed by atoms with E-state index in [1.807, 2.05) is 0 Å². The Kier molecular flexibility index (Phi) is 3.70. The number of nitrogens with two attached hydrogens (primary N) is 1. The molecule has 1 rings (SSSR count). The monoisotopic (exact) mass is 201 g/mol. The molecule has 0 aromatic rings. The first-order valence-electron chi connectivity index (χ1n) is 4.64. The molecule has 0 saturated carbocycles. The number of hydrogen-bond donors (Lipinski definition) is 3. The van der Waals surface area contributed by atoms with E-state index in [2.05, 4.69) is 5.32 Å². The lowest BCUT2D eigenvalue weighted by Crippen LogP contribution is -2.47. The topological polar surface area (TPSA) is 95.7 Å². The van der Waals surface area contributed by atoms with E-state index in [0.29, 0.717) is 26.1 Å². The number of aliphatic carboxylic acids is 1. The number of carbonyl (C=O) groups excluding carboxylic acids is 1. The van der Waals surface area contributed by atoms with Gasteiger partial charge in [-0.1, -0.05) is 0 Å². The first-order valence-corrected chi connectivity index (χ1v) is 4.64. The van der Waals surface area contributed by atoms with Crippen molar-refractivity contribution in [2.45, 2.75) is 18.9 Å². The van der Waals surface area contributed by atoms with Crippen LogP contribution in [0.2, 0.25) is 0 Å². The summed E-state index contributed by atoms with van der Waals surface area (Å²) in [5.41, 5.74) is 5.22. The van der Waals surface area contributed by atoms with Crippen LogP contribution in [0, 0.1) is 0 Å². The van der Waals surface area contributed by atoms with Crippen molar-refractivity contribution in [3.63, 3.8) is 0 Å². The number of carbonyl (C=O) groups is 2. The third-order valence-electron chi connectivity index (χ3n) is 2.22. The molecule has 1 unspecified atom stereocenters. The van der Waals surface area contributed by atoms with Crippen LogP contribution in [0.15, 0.2) is 0 Å². The molecule has 1 aliphatic heterocycles. The molecule has 0 radical (unpaired) electrons. The summed E-state index contributed by atoms with van der Waals surface area (Å²) in [6.07, 6.45) is 1.28. The first kappa shape index (κ1) is 10.8. The maximum absolute atomic E-state index is 11.4. The first-order chi connectivity index (χ1) is 6.66. The zero-order chi connectivity index (χ0) is 10.6. The Balaban J connectivity index is 2.49. The van der Waals surface area contributed by atoms with Crippen LogP contribution in [0.4, 0.5) is 4.79 Å². The van der Waals surface area contributed by atoms with Gasteiger partial charge in [0.25, 0.3) is 0 Å². The third-order valence-corrected chi connectivity index (χ3v) is 2.22. The van der Waals surface area contributed by atoms with Crippen LogP contribution in [0.5, 0.6) is 0 Å². The van der Waals surface area contributed by atoms with Gasteiger partial charge in [0.1, 0.15) is 6.04 Å². The standard InChI is InChI=1S/C8H15N3O3/c9-3-4-10-8(14)11-5-1-2-6(11)7(12)13/h6H,1-5,9H2,(H,10,14)(H,12,13). The van der Waals surface area contributed by atoms with E-state index >= 15 is 0 Å². The summed E-state index contributed by atoms with van der Waals surface area (Å²) in [5, 5.41) is 11.4. The maximum Gasteiger partial charge on any atom is 0.326 e. The minimum atomic E-state index is -0.939. The number of rotatable bonds is 3. The Labute approximate surface area is 82.1 Å². The zero-order valence-corrected chi connectivity index (χ0v) is 7.90.